The quantitative estimate of drug-likeness (QED) is 0.480. The predicted molar refractivity (Wildman–Crippen MR) is 113 cm³/mol. The second-order valence-electron chi connectivity index (χ2n) is 6.21. The molecule has 0 saturated heterocycles. The van der Waals surface area contributed by atoms with Crippen LogP contribution in [0.2, 0.25) is 10.0 Å². The second-order valence-corrected chi connectivity index (χ2v) is 7.02. The summed E-state index contributed by atoms with van der Waals surface area (Å²) in [6, 6.07) is 10.6. The van der Waals surface area contributed by atoms with Gasteiger partial charge >= 0.3 is 0 Å². The molecular weight excluding hydrogens is 395 g/mol. The third-order valence-electron chi connectivity index (χ3n) is 4.53. The van der Waals surface area contributed by atoms with Crippen LogP contribution in [0.15, 0.2) is 61.3 Å². The molecular formula is C21H16Cl2N4O. The normalized spacial score (nSPS) is 11.0. The van der Waals surface area contributed by atoms with Gasteiger partial charge in [-0.15, -0.1) is 0 Å². The lowest BCUT2D eigenvalue weighted by Gasteiger charge is -2.15. The van der Waals surface area contributed by atoms with E-state index < -0.39 is 0 Å². The molecule has 0 fully saturated rings. The number of carbonyl (C=O) groups excluding carboxylic acids is 1. The molecule has 0 saturated carbocycles. The SMILES string of the molecule is CCc1cnc2c(NC(=O)c3c(Cl)cccc3Cl)cccc2c1-n1ccnc1. The van der Waals surface area contributed by atoms with Gasteiger partial charge in [-0.25, -0.2) is 4.98 Å². The average molecular weight is 411 g/mol. The Balaban J connectivity index is 1.83. The molecule has 0 aliphatic carbocycles. The van der Waals surface area contributed by atoms with Crippen LogP contribution in [0, 0.1) is 0 Å². The molecule has 2 aromatic carbocycles. The van der Waals surface area contributed by atoms with Crippen LogP contribution >= 0.6 is 23.2 Å². The molecule has 5 nitrogen and oxygen atoms in total. The molecule has 1 amide bonds. The number of pyridine rings is 1. The highest BCUT2D eigenvalue weighted by atomic mass is 35.5. The van der Waals surface area contributed by atoms with Crippen molar-refractivity contribution in [2.75, 3.05) is 5.32 Å². The number of hydrogen-bond acceptors (Lipinski definition) is 3. The average Bonchev–Trinajstić information content (AvgIpc) is 3.21. The maximum absolute atomic E-state index is 12.8. The zero-order valence-corrected chi connectivity index (χ0v) is 16.5. The minimum absolute atomic E-state index is 0.239. The fraction of sp³-hybridized carbons (Fsp3) is 0.0952. The number of rotatable bonds is 4. The van der Waals surface area contributed by atoms with E-state index in [1.165, 1.54) is 0 Å². The molecule has 1 N–H and O–H groups in total. The van der Waals surface area contributed by atoms with E-state index in [2.05, 4.69) is 22.2 Å². The molecule has 7 heteroatoms. The summed E-state index contributed by atoms with van der Waals surface area (Å²) >= 11 is 12.3. The van der Waals surface area contributed by atoms with Gasteiger partial charge in [0.15, 0.2) is 0 Å². The van der Waals surface area contributed by atoms with Crippen LogP contribution in [0.4, 0.5) is 5.69 Å². The molecule has 140 valence electrons. The van der Waals surface area contributed by atoms with Crippen LogP contribution in [-0.2, 0) is 6.42 Å². The highest BCUT2D eigenvalue weighted by Gasteiger charge is 2.17. The summed E-state index contributed by atoms with van der Waals surface area (Å²) in [5.41, 5.74) is 3.59. The first-order valence-corrected chi connectivity index (χ1v) is 9.50. The van der Waals surface area contributed by atoms with Crippen molar-refractivity contribution in [1.82, 2.24) is 14.5 Å². The molecule has 0 aliphatic heterocycles. The van der Waals surface area contributed by atoms with Gasteiger partial charge in [0.25, 0.3) is 5.91 Å². The van der Waals surface area contributed by atoms with Gasteiger partial charge in [-0.3, -0.25) is 9.78 Å². The molecule has 2 heterocycles. The summed E-state index contributed by atoms with van der Waals surface area (Å²) in [6.07, 6.45) is 8.03. The van der Waals surface area contributed by atoms with Gasteiger partial charge in [0, 0.05) is 24.0 Å². The number of amides is 1. The van der Waals surface area contributed by atoms with Gasteiger partial charge in [0.05, 0.1) is 38.8 Å². The first-order valence-electron chi connectivity index (χ1n) is 8.74. The molecule has 0 spiro atoms. The van der Waals surface area contributed by atoms with Crippen LogP contribution in [0.1, 0.15) is 22.8 Å². The highest BCUT2D eigenvalue weighted by molar-refractivity contribution is 6.40. The number of aryl methyl sites for hydroxylation is 1. The van der Waals surface area contributed by atoms with Gasteiger partial charge in [0.2, 0.25) is 0 Å². The van der Waals surface area contributed by atoms with Crippen LogP contribution in [0.5, 0.6) is 0 Å². The topological polar surface area (TPSA) is 59.8 Å². The van der Waals surface area contributed by atoms with Gasteiger partial charge < -0.3 is 9.88 Å². The largest absolute Gasteiger partial charge is 0.320 e. The summed E-state index contributed by atoms with van der Waals surface area (Å²) in [7, 11) is 0. The van der Waals surface area contributed by atoms with Crippen molar-refractivity contribution in [3.8, 4) is 5.69 Å². The number of anilines is 1. The van der Waals surface area contributed by atoms with Crippen molar-refractivity contribution in [3.63, 3.8) is 0 Å². The maximum Gasteiger partial charge on any atom is 0.258 e. The lowest BCUT2D eigenvalue weighted by Crippen LogP contribution is -2.14. The number of imidazole rings is 1. The molecule has 2 aromatic heterocycles. The molecule has 0 bridgehead atoms. The Morgan fingerprint density at radius 3 is 2.57 bits per heavy atom. The molecule has 0 unspecified atom stereocenters. The first kappa shape index (κ1) is 18.5. The summed E-state index contributed by atoms with van der Waals surface area (Å²) < 4.78 is 1.96. The van der Waals surface area contributed by atoms with Gasteiger partial charge in [-0.1, -0.05) is 48.3 Å². The number of aromatic nitrogens is 3. The fourth-order valence-electron chi connectivity index (χ4n) is 3.21. The van der Waals surface area contributed by atoms with Crippen molar-refractivity contribution < 1.29 is 4.79 Å². The van der Waals surface area contributed by atoms with E-state index in [1.807, 2.05) is 29.1 Å². The van der Waals surface area contributed by atoms with Crippen LogP contribution in [-0.4, -0.2) is 20.4 Å². The smallest absolute Gasteiger partial charge is 0.258 e. The number of nitrogens with zero attached hydrogens (tertiary/aromatic N) is 3. The Bertz CT molecular complexity index is 1150. The fourth-order valence-corrected chi connectivity index (χ4v) is 3.77. The molecule has 0 atom stereocenters. The van der Waals surface area contributed by atoms with Crippen LogP contribution in [0.3, 0.4) is 0 Å². The van der Waals surface area contributed by atoms with E-state index in [0.717, 1.165) is 23.1 Å². The Labute approximate surface area is 171 Å². The van der Waals surface area contributed by atoms with Crippen molar-refractivity contribution in [2.45, 2.75) is 13.3 Å². The third-order valence-corrected chi connectivity index (χ3v) is 5.16. The van der Waals surface area contributed by atoms with Crippen molar-refractivity contribution >= 4 is 45.7 Å². The number of nitrogens with one attached hydrogen (secondary N) is 1. The number of benzene rings is 2. The lowest BCUT2D eigenvalue weighted by molar-refractivity contribution is 0.102. The number of carbonyl (C=O) groups is 1. The first-order chi connectivity index (χ1) is 13.6. The van der Waals surface area contributed by atoms with Crippen molar-refractivity contribution in [3.05, 3.63) is 82.5 Å². The van der Waals surface area contributed by atoms with Gasteiger partial charge in [-0.2, -0.15) is 0 Å². The van der Waals surface area contributed by atoms with E-state index in [9.17, 15) is 4.79 Å². The van der Waals surface area contributed by atoms with E-state index >= 15 is 0 Å². The zero-order valence-electron chi connectivity index (χ0n) is 15.0. The minimum atomic E-state index is -0.381. The molecule has 4 rings (SSSR count). The monoisotopic (exact) mass is 410 g/mol. The number of fused-ring (bicyclic) bond motifs is 1. The second kappa shape index (κ2) is 7.62. The van der Waals surface area contributed by atoms with Gasteiger partial charge in [-0.05, 0) is 30.2 Å². The van der Waals surface area contributed by atoms with Crippen molar-refractivity contribution in [2.24, 2.45) is 0 Å². The Morgan fingerprint density at radius 2 is 1.89 bits per heavy atom. The summed E-state index contributed by atoms with van der Waals surface area (Å²) in [5.74, 6) is -0.381. The predicted octanol–water partition coefficient (Wildman–Crippen LogP) is 5.54. The van der Waals surface area contributed by atoms with Crippen LogP contribution < -0.4 is 5.32 Å². The number of halogens is 2. The number of para-hydroxylation sites is 1. The molecule has 28 heavy (non-hydrogen) atoms. The Hall–Kier alpha value is -2.89. The van der Waals surface area contributed by atoms with E-state index in [4.69, 9.17) is 23.2 Å². The molecule has 0 radical (unpaired) electrons. The molecule has 4 aromatic rings. The third kappa shape index (κ3) is 3.23. The minimum Gasteiger partial charge on any atom is -0.320 e. The zero-order chi connectivity index (χ0) is 19.7. The van der Waals surface area contributed by atoms with Crippen LogP contribution in [0.25, 0.3) is 16.6 Å². The lowest BCUT2D eigenvalue weighted by atomic mass is 10.1. The molecule has 0 aliphatic rings. The number of hydrogen-bond donors (Lipinski definition) is 1. The highest BCUT2D eigenvalue weighted by Crippen LogP contribution is 2.31. The Kier molecular flexibility index (Phi) is 5.03. The van der Waals surface area contributed by atoms with E-state index in [-0.39, 0.29) is 11.5 Å². The van der Waals surface area contributed by atoms with E-state index in [1.54, 1.807) is 36.8 Å². The standard InChI is InChI=1S/C21H16Cl2N4O/c1-2-13-11-25-19-14(20(13)27-10-9-24-12-27)5-3-8-17(19)26-21(28)18-15(22)6-4-7-16(18)23/h3-12H,2H2,1H3,(H,26,28). The summed E-state index contributed by atoms with van der Waals surface area (Å²) in [5, 5.41) is 4.41. The van der Waals surface area contributed by atoms with Gasteiger partial charge in [0.1, 0.15) is 0 Å². The Morgan fingerprint density at radius 1 is 1.14 bits per heavy atom. The summed E-state index contributed by atoms with van der Waals surface area (Å²) in [6.45, 7) is 2.08. The maximum atomic E-state index is 12.8. The van der Waals surface area contributed by atoms with Crippen molar-refractivity contribution in [1.29, 1.82) is 0 Å². The van der Waals surface area contributed by atoms with E-state index in [0.29, 0.717) is 21.2 Å². The summed E-state index contributed by atoms with van der Waals surface area (Å²) in [4.78, 5) is 21.6.